The van der Waals surface area contributed by atoms with E-state index in [0.29, 0.717) is 23.2 Å². The number of esters is 1. The van der Waals surface area contributed by atoms with Gasteiger partial charge in [0.05, 0.1) is 0 Å². The van der Waals surface area contributed by atoms with Gasteiger partial charge in [-0.15, -0.1) is 0 Å². The highest BCUT2D eigenvalue weighted by molar-refractivity contribution is 5.70. The van der Waals surface area contributed by atoms with Crippen LogP contribution in [0.1, 0.15) is 202 Å². The molecule has 0 aromatic rings. The second-order valence-electron chi connectivity index (χ2n) is 17.7. The predicted molar refractivity (Wildman–Crippen MR) is 193 cm³/mol. The molecule has 0 aromatic heterocycles. The maximum Gasteiger partial charge on any atom is 0.310 e. The van der Waals surface area contributed by atoms with Gasteiger partial charge in [-0.3, -0.25) is 4.79 Å². The fourth-order valence-corrected chi connectivity index (χ4v) is 11.4. The Morgan fingerprint density at radius 3 is 2.00 bits per heavy atom. The monoisotopic (exact) mass is 625 g/mol. The van der Waals surface area contributed by atoms with Crippen molar-refractivity contribution in [3.63, 3.8) is 0 Å². The zero-order chi connectivity index (χ0) is 32.3. The van der Waals surface area contributed by atoms with E-state index in [1.807, 2.05) is 0 Å². The summed E-state index contributed by atoms with van der Waals surface area (Å²) in [5, 5.41) is 0. The van der Waals surface area contributed by atoms with Crippen molar-refractivity contribution in [2.24, 2.45) is 52.3 Å². The van der Waals surface area contributed by atoms with E-state index in [1.165, 1.54) is 141 Å². The lowest BCUT2D eigenvalue weighted by Crippen LogP contribution is -2.52. The fraction of sp³-hybridized carbons (Fsp3) is 0.930. The molecule has 0 N–H and O–H groups in total. The van der Waals surface area contributed by atoms with Crippen LogP contribution >= 0.6 is 0 Å². The van der Waals surface area contributed by atoms with E-state index in [4.69, 9.17) is 4.74 Å². The number of rotatable bonds is 20. The summed E-state index contributed by atoms with van der Waals surface area (Å²) in [6, 6.07) is 0. The highest BCUT2D eigenvalue weighted by Crippen LogP contribution is 2.68. The van der Waals surface area contributed by atoms with Gasteiger partial charge >= 0.3 is 5.97 Å². The first-order valence-corrected chi connectivity index (χ1v) is 20.6. The molecule has 0 radical (unpaired) electrons. The van der Waals surface area contributed by atoms with Crippen LogP contribution < -0.4 is 0 Å². The largest absolute Gasteiger partial charge is 0.431 e. The Hall–Kier alpha value is -0.790. The predicted octanol–water partition coefficient (Wildman–Crippen LogP) is 13.6. The summed E-state index contributed by atoms with van der Waals surface area (Å²) in [5.74, 6) is 7.02. The molecule has 0 saturated heterocycles. The zero-order valence-electron chi connectivity index (χ0n) is 31.1. The van der Waals surface area contributed by atoms with E-state index >= 15 is 0 Å². The highest BCUT2D eigenvalue weighted by Gasteiger charge is 2.60. The summed E-state index contributed by atoms with van der Waals surface area (Å²) in [7, 11) is 0. The second kappa shape index (κ2) is 18.1. The first kappa shape index (κ1) is 37.0. The first-order chi connectivity index (χ1) is 21.7. The molecule has 3 saturated carbocycles. The molecule has 4 aliphatic rings. The maximum atomic E-state index is 12.8. The van der Waals surface area contributed by atoms with Gasteiger partial charge < -0.3 is 4.74 Å². The normalized spacial score (nSPS) is 33.3. The summed E-state index contributed by atoms with van der Waals surface area (Å²) in [6.07, 6.45) is 35.4. The van der Waals surface area contributed by atoms with E-state index in [2.05, 4.69) is 47.6 Å². The van der Waals surface area contributed by atoms with Gasteiger partial charge in [0.2, 0.25) is 0 Å². The second-order valence-corrected chi connectivity index (χ2v) is 17.7. The Labute approximate surface area is 281 Å². The topological polar surface area (TPSA) is 26.3 Å². The van der Waals surface area contributed by atoms with Gasteiger partial charge in [0, 0.05) is 12.8 Å². The van der Waals surface area contributed by atoms with Gasteiger partial charge in [-0.2, -0.15) is 0 Å². The third-order valence-electron chi connectivity index (χ3n) is 14.2. The molecule has 3 fully saturated rings. The molecule has 0 bridgehead atoms. The number of ether oxygens (including phenoxy) is 1. The number of fused-ring (bicyclic) bond motifs is 5. The van der Waals surface area contributed by atoms with E-state index in [1.54, 1.807) is 0 Å². The summed E-state index contributed by atoms with van der Waals surface area (Å²) < 4.78 is 6.02. The number of carbonyl (C=O) groups is 1. The molecule has 0 aromatic carbocycles. The van der Waals surface area contributed by atoms with Gasteiger partial charge in [0.25, 0.3) is 0 Å². The van der Waals surface area contributed by atoms with Crippen LogP contribution in [-0.2, 0) is 9.53 Å². The van der Waals surface area contributed by atoms with Gasteiger partial charge in [-0.25, -0.2) is 0 Å². The minimum absolute atomic E-state index is 0.0227. The average Bonchev–Trinajstić information content (AvgIpc) is 3.37. The molecule has 8 atom stereocenters. The van der Waals surface area contributed by atoms with E-state index < -0.39 is 0 Å². The maximum absolute atomic E-state index is 12.8. The Bertz CT molecular complexity index is 904. The van der Waals surface area contributed by atoms with Gasteiger partial charge in [-0.05, 0) is 110 Å². The third kappa shape index (κ3) is 9.87. The van der Waals surface area contributed by atoms with Crippen LogP contribution in [-0.4, -0.2) is 5.97 Å². The summed E-state index contributed by atoms with van der Waals surface area (Å²) >= 11 is 0. The third-order valence-corrected chi connectivity index (χ3v) is 14.2. The van der Waals surface area contributed by atoms with E-state index in [9.17, 15) is 4.79 Å². The fourth-order valence-electron chi connectivity index (χ4n) is 11.4. The molecular weight excluding hydrogens is 548 g/mol. The van der Waals surface area contributed by atoms with Gasteiger partial charge in [0.1, 0.15) is 5.76 Å². The van der Waals surface area contributed by atoms with Crippen LogP contribution in [0.3, 0.4) is 0 Å². The summed E-state index contributed by atoms with van der Waals surface area (Å²) in [6.45, 7) is 15.0. The number of hydrogen-bond acceptors (Lipinski definition) is 2. The number of carbonyl (C=O) groups excluding carboxylic acids is 1. The van der Waals surface area contributed by atoms with Gasteiger partial charge in [-0.1, -0.05) is 138 Å². The summed E-state index contributed by atoms with van der Waals surface area (Å²) in [4.78, 5) is 12.8. The summed E-state index contributed by atoms with van der Waals surface area (Å²) in [5.41, 5.74) is 0.969. The minimum Gasteiger partial charge on any atom is -0.431 e. The zero-order valence-corrected chi connectivity index (χ0v) is 31.1. The first-order valence-electron chi connectivity index (χ1n) is 20.6. The van der Waals surface area contributed by atoms with Crippen LogP contribution in [0.5, 0.6) is 0 Å². The standard InChI is InChI=1S/C43H76O2/c1-7-8-9-10-11-12-13-14-15-16-17-18-19-23-41(44)45-36-28-30-42(5)35(32-36)24-25-37-39-27-26-38(34(4)22-20-21-33(2)3)43(39,6)31-29-40(37)42/h32-35,37-40H,7-31H2,1-6H3/t34-,35-,37+,38-,39+,40+,42+,43-/m1/s1. The van der Waals surface area contributed by atoms with Crippen LogP contribution in [0.25, 0.3) is 0 Å². The Balaban J connectivity index is 1.15. The quantitative estimate of drug-likeness (QED) is 0.0995. The van der Waals surface area contributed by atoms with Crippen molar-refractivity contribution < 1.29 is 9.53 Å². The smallest absolute Gasteiger partial charge is 0.310 e. The highest BCUT2D eigenvalue weighted by atomic mass is 16.5. The van der Waals surface area contributed by atoms with Crippen molar-refractivity contribution in [2.75, 3.05) is 0 Å². The van der Waals surface area contributed by atoms with Crippen LogP contribution in [0, 0.1) is 52.3 Å². The van der Waals surface area contributed by atoms with Crippen molar-refractivity contribution in [1.82, 2.24) is 0 Å². The average molecular weight is 625 g/mol. The lowest BCUT2D eigenvalue weighted by atomic mass is 9.45. The Morgan fingerprint density at radius 2 is 1.36 bits per heavy atom. The van der Waals surface area contributed by atoms with Crippen molar-refractivity contribution >= 4 is 5.97 Å². The number of allylic oxidation sites excluding steroid dienone is 2. The molecule has 4 aliphatic carbocycles. The molecule has 2 nitrogen and oxygen atoms in total. The van der Waals surface area contributed by atoms with E-state index in [-0.39, 0.29) is 5.97 Å². The van der Waals surface area contributed by atoms with Crippen molar-refractivity contribution in [2.45, 2.75) is 202 Å². The Morgan fingerprint density at radius 1 is 0.733 bits per heavy atom. The molecule has 0 spiro atoms. The van der Waals surface area contributed by atoms with Crippen molar-refractivity contribution in [1.29, 1.82) is 0 Å². The van der Waals surface area contributed by atoms with Crippen molar-refractivity contribution in [3.8, 4) is 0 Å². The molecule has 260 valence electrons. The van der Waals surface area contributed by atoms with Gasteiger partial charge in [0.15, 0.2) is 0 Å². The molecule has 45 heavy (non-hydrogen) atoms. The van der Waals surface area contributed by atoms with Crippen LogP contribution in [0.15, 0.2) is 11.8 Å². The van der Waals surface area contributed by atoms with Crippen molar-refractivity contribution in [3.05, 3.63) is 11.8 Å². The minimum atomic E-state index is 0.0227. The molecular formula is C43H76O2. The lowest BCUT2D eigenvalue weighted by Gasteiger charge is -2.60. The van der Waals surface area contributed by atoms with Crippen LogP contribution in [0.4, 0.5) is 0 Å². The molecule has 2 heteroatoms. The number of unbranched alkanes of at least 4 members (excludes halogenated alkanes) is 12. The molecule has 0 unspecified atom stereocenters. The molecule has 0 aliphatic heterocycles. The lowest BCUT2D eigenvalue weighted by molar-refractivity contribution is -0.141. The molecule has 0 amide bonds. The number of hydrogen-bond donors (Lipinski definition) is 0. The van der Waals surface area contributed by atoms with E-state index in [0.717, 1.165) is 54.1 Å². The molecule has 0 heterocycles. The SMILES string of the molecule is CCCCCCCCCCCCCCCC(=O)OC1=C[C@H]2CC[C@@H]3[C@H](CC[C@]4(C)[C@@H]([C@H](C)CCCC(C)C)CC[C@@H]34)[C@@]2(C)CC1. The Kier molecular flexibility index (Phi) is 14.9. The van der Waals surface area contributed by atoms with Crippen LogP contribution in [0.2, 0.25) is 0 Å². The molecule has 4 rings (SSSR count).